The Labute approximate surface area is 175 Å². The van der Waals surface area contributed by atoms with Crippen molar-refractivity contribution in [2.45, 2.75) is 6.92 Å². The SMILES string of the molecule is CCOc1ccc(Cl)cc1C=C1SC(=O)N(CC(=O)Nc2ccc(F)cc2)C1=O. The van der Waals surface area contributed by atoms with Gasteiger partial charge < -0.3 is 10.1 Å². The van der Waals surface area contributed by atoms with Crippen LogP contribution in [0, 0.1) is 5.82 Å². The summed E-state index contributed by atoms with van der Waals surface area (Å²) in [6, 6.07) is 10.1. The maximum Gasteiger partial charge on any atom is 0.294 e. The van der Waals surface area contributed by atoms with E-state index in [0.717, 1.165) is 16.7 Å². The molecule has 2 aromatic rings. The third-order valence-electron chi connectivity index (χ3n) is 3.86. The molecule has 0 spiro atoms. The number of imide groups is 1. The fraction of sp³-hybridized carbons (Fsp3) is 0.150. The summed E-state index contributed by atoms with van der Waals surface area (Å²) in [6.07, 6.45) is 1.51. The number of anilines is 1. The normalized spacial score (nSPS) is 15.1. The van der Waals surface area contributed by atoms with Gasteiger partial charge in [-0.2, -0.15) is 0 Å². The van der Waals surface area contributed by atoms with Crippen molar-refractivity contribution >= 4 is 52.2 Å². The summed E-state index contributed by atoms with van der Waals surface area (Å²) >= 11 is 6.75. The highest BCUT2D eigenvalue weighted by Gasteiger charge is 2.36. The first-order valence-corrected chi connectivity index (χ1v) is 9.80. The fourth-order valence-corrected chi connectivity index (χ4v) is 3.58. The van der Waals surface area contributed by atoms with E-state index in [1.54, 1.807) is 18.2 Å². The van der Waals surface area contributed by atoms with Crippen molar-refractivity contribution in [2.75, 3.05) is 18.5 Å². The van der Waals surface area contributed by atoms with Gasteiger partial charge in [0.25, 0.3) is 11.1 Å². The number of benzene rings is 2. The van der Waals surface area contributed by atoms with Crippen LogP contribution in [0.2, 0.25) is 5.02 Å². The summed E-state index contributed by atoms with van der Waals surface area (Å²) in [5.74, 6) is -1.07. The van der Waals surface area contributed by atoms with Crippen LogP contribution in [0.5, 0.6) is 5.75 Å². The lowest BCUT2D eigenvalue weighted by Gasteiger charge is -2.12. The first-order chi connectivity index (χ1) is 13.9. The number of amides is 3. The minimum absolute atomic E-state index is 0.160. The second-order valence-corrected chi connectivity index (χ2v) is 7.37. The van der Waals surface area contributed by atoms with Crippen molar-refractivity contribution in [1.29, 1.82) is 0 Å². The molecule has 0 atom stereocenters. The Kier molecular flexibility index (Phi) is 6.56. The van der Waals surface area contributed by atoms with Crippen LogP contribution in [0.4, 0.5) is 14.9 Å². The minimum atomic E-state index is -0.586. The highest BCUT2D eigenvalue weighted by Crippen LogP contribution is 2.34. The van der Waals surface area contributed by atoms with Crippen LogP contribution in [0.15, 0.2) is 47.4 Å². The lowest BCUT2D eigenvalue weighted by atomic mass is 10.2. The fourth-order valence-electron chi connectivity index (χ4n) is 2.57. The molecule has 2 aromatic carbocycles. The van der Waals surface area contributed by atoms with Crippen molar-refractivity contribution in [2.24, 2.45) is 0 Å². The van der Waals surface area contributed by atoms with Gasteiger partial charge in [-0.3, -0.25) is 19.3 Å². The van der Waals surface area contributed by atoms with Crippen LogP contribution in [-0.2, 0) is 9.59 Å². The molecule has 0 unspecified atom stereocenters. The van der Waals surface area contributed by atoms with E-state index in [1.165, 1.54) is 30.3 Å². The van der Waals surface area contributed by atoms with Gasteiger partial charge in [-0.1, -0.05) is 11.6 Å². The molecule has 6 nitrogen and oxygen atoms in total. The molecule has 0 aromatic heterocycles. The van der Waals surface area contributed by atoms with Gasteiger partial charge in [0.05, 0.1) is 11.5 Å². The molecule has 1 aliphatic rings. The lowest BCUT2D eigenvalue weighted by molar-refractivity contribution is -0.127. The van der Waals surface area contributed by atoms with E-state index in [1.807, 2.05) is 6.92 Å². The zero-order chi connectivity index (χ0) is 21.0. The molecule has 1 saturated heterocycles. The van der Waals surface area contributed by atoms with Crippen molar-refractivity contribution in [3.63, 3.8) is 0 Å². The first-order valence-electron chi connectivity index (χ1n) is 8.60. The molecule has 3 amide bonds. The van der Waals surface area contributed by atoms with Crippen molar-refractivity contribution in [3.05, 3.63) is 63.8 Å². The summed E-state index contributed by atoms with van der Waals surface area (Å²) in [6.45, 7) is 1.80. The van der Waals surface area contributed by atoms with Gasteiger partial charge >= 0.3 is 0 Å². The Morgan fingerprint density at radius 3 is 2.66 bits per heavy atom. The number of nitrogens with one attached hydrogen (secondary N) is 1. The number of hydrogen-bond acceptors (Lipinski definition) is 5. The van der Waals surface area contributed by atoms with Crippen molar-refractivity contribution in [1.82, 2.24) is 4.90 Å². The number of carbonyl (C=O) groups is 3. The number of ether oxygens (including phenoxy) is 1. The molecule has 1 fully saturated rings. The van der Waals surface area contributed by atoms with Crippen LogP contribution in [0.1, 0.15) is 12.5 Å². The number of rotatable bonds is 6. The maximum atomic E-state index is 12.9. The van der Waals surface area contributed by atoms with Gasteiger partial charge in [0.15, 0.2) is 0 Å². The summed E-state index contributed by atoms with van der Waals surface area (Å²) in [5, 5.41) is 2.41. The van der Waals surface area contributed by atoms with Crippen molar-refractivity contribution in [3.8, 4) is 5.75 Å². The Balaban J connectivity index is 1.74. The van der Waals surface area contributed by atoms with E-state index in [2.05, 4.69) is 5.32 Å². The molecular formula is C20H16ClFN2O4S. The average molecular weight is 435 g/mol. The van der Waals surface area contributed by atoms with E-state index in [0.29, 0.717) is 28.6 Å². The topological polar surface area (TPSA) is 75.7 Å². The predicted molar refractivity (Wildman–Crippen MR) is 110 cm³/mol. The molecule has 9 heteroatoms. The zero-order valence-electron chi connectivity index (χ0n) is 15.3. The zero-order valence-corrected chi connectivity index (χ0v) is 16.8. The molecule has 0 bridgehead atoms. The molecule has 3 rings (SSSR count). The summed E-state index contributed by atoms with van der Waals surface area (Å²) in [7, 11) is 0. The standard InChI is InChI=1S/C20H16ClFN2O4S/c1-2-28-16-8-3-13(21)9-12(16)10-17-19(26)24(20(27)29-17)11-18(25)23-15-6-4-14(22)5-7-15/h3-10H,2,11H2,1H3,(H,23,25). The second kappa shape index (κ2) is 9.11. The van der Waals surface area contributed by atoms with E-state index in [4.69, 9.17) is 16.3 Å². The van der Waals surface area contributed by atoms with Gasteiger partial charge in [0.2, 0.25) is 5.91 Å². The number of hydrogen-bond donors (Lipinski definition) is 1. The number of thioether (sulfide) groups is 1. The van der Waals surface area contributed by atoms with E-state index in [-0.39, 0.29) is 4.91 Å². The maximum absolute atomic E-state index is 12.9. The highest BCUT2D eigenvalue weighted by molar-refractivity contribution is 8.18. The monoisotopic (exact) mass is 434 g/mol. The molecule has 0 aliphatic carbocycles. The Hall–Kier alpha value is -2.84. The van der Waals surface area contributed by atoms with Crippen LogP contribution >= 0.6 is 23.4 Å². The Morgan fingerprint density at radius 2 is 1.97 bits per heavy atom. The third kappa shape index (κ3) is 5.16. The number of nitrogens with zero attached hydrogens (tertiary/aromatic N) is 1. The molecule has 29 heavy (non-hydrogen) atoms. The van der Waals surface area contributed by atoms with Crippen LogP contribution in [0.25, 0.3) is 6.08 Å². The van der Waals surface area contributed by atoms with E-state index < -0.39 is 29.4 Å². The summed E-state index contributed by atoms with van der Waals surface area (Å²) < 4.78 is 18.5. The largest absolute Gasteiger partial charge is 0.493 e. The van der Waals surface area contributed by atoms with Crippen LogP contribution < -0.4 is 10.1 Å². The van der Waals surface area contributed by atoms with E-state index in [9.17, 15) is 18.8 Å². The van der Waals surface area contributed by atoms with Crippen LogP contribution in [0.3, 0.4) is 0 Å². The number of halogens is 2. The average Bonchev–Trinajstić information content (AvgIpc) is 2.93. The lowest BCUT2D eigenvalue weighted by Crippen LogP contribution is -2.36. The molecular weight excluding hydrogens is 419 g/mol. The summed E-state index contributed by atoms with van der Waals surface area (Å²) in [5.41, 5.74) is 0.916. The van der Waals surface area contributed by atoms with Gasteiger partial charge in [-0.05, 0) is 67.2 Å². The van der Waals surface area contributed by atoms with Crippen molar-refractivity contribution < 1.29 is 23.5 Å². The van der Waals surface area contributed by atoms with Gasteiger partial charge in [0, 0.05) is 16.3 Å². The van der Waals surface area contributed by atoms with Gasteiger partial charge in [0.1, 0.15) is 18.1 Å². The molecule has 1 aliphatic heterocycles. The second-order valence-electron chi connectivity index (χ2n) is 5.94. The van der Waals surface area contributed by atoms with Crippen LogP contribution in [-0.4, -0.2) is 35.1 Å². The van der Waals surface area contributed by atoms with E-state index >= 15 is 0 Å². The Morgan fingerprint density at radius 1 is 1.24 bits per heavy atom. The predicted octanol–water partition coefficient (Wildman–Crippen LogP) is 4.55. The molecule has 0 saturated carbocycles. The van der Waals surface area contributed by atoms with Gasteiger partial charge in [-0.15, -0.1) is 0 Å². The summed E-state index contributed by atoms with van der Waals surface area (Å²) in [4.78, 5) is 38.0. The minimum Gasteiger partial charge on any atom is -0.493 e. The third-order valence-corrected chi connectivity index (χ3v) is 5.00. The quantitative estimate of drug-likeness (QED) is 0.675. The molecule has 0 radical (unpaired) electrons. The molecule has 1 heterocycles. The highest BCUT2D eigenvalue weighted by atomic mass is 35.5. The molecule has 1 N–H and O–H groups in total. The van der Waals surface area contributed by atoms with Gasteiger partial charge in [-0.25, -0.2) is 4.39 Å². The Bertz CT molecular complexity index is 994. The first kappa shape index (κ1) is 20.9. The number of carbonyl (C=O) groups excluding carboxylic acids is 3. The molecule has 150 valence electrons. The smallest absolute Gasteiger partial charge is 0.294 e.